The lowest BCUT2D eigenvalue weighted by atomic mass is 10.1. The summed E-state index contributed by atoms with van der Waals surface area (Å²) in [7, 11) is 0. The molecule has 1 heterocycles. The van der Waals surface area contributed by atoms with Gasteiger partial charge in [0.2, 0.25) is 0 Å². The summed E-state index contributed by atoms with van der Waals surface area (Å²) in [6.07, 6.45) is 2.65. The van der Waals surface area contributed by atoms with Crippen molar-refractivity contribution in [3.8, 4) is 0 Å². The van der Waals surface area contributed by atoms with Crippen molar-refractivity contribution < 1.29 is 0 Å². The molecule has 1 aliphatic heterocycles. The zero-order valence-electron chi connectivity index (χ0n) is 8.64. The molecule has 2 atom stereocenters. The van der Waals surface area contributed by atoms with Crippen molar-refractivity contribution in [2.45, 2.75) is 45.7 Å². The Bertz CT molecular complexity index is 125. The van der Waals surface area contributed by atoms with Crippen molar-refractivity contribution in [3.05, 3.63) is 0 Å². The van der Waals surface area contributed by atoms with Gasteiger partial charge in [0.1, 0.15) is 0 Å². The summed E-state index contributed by atoms with van der Waals surface area (Å²) in [5, 5.41) is 3.47. The van der Waals surface area contributed by atoms with Gasteiger partial charge in [0, 0.05) is 31.7 Å². The van der Waals surface area contributed by atoms with E-state index in [2.05, 4.69) is 31.0 Å². The van der Waals surface area contributed by atoms with Gasteiger partial charge in [-0.3, -0.25) is 4.90 Å². The summed E-state index contributed by atoms with van der Waals surface area (Å²) < 4.78 is 0. The van der Waals surface area contributed by atoms with Crippen molar-refractivity contribution in [2.75, 3.05) is 19.6 Å². The van der Waals surface area contributed by atoms with Crippen LogP contribution in [0.3, 0.4) is 0 Å². The molecule has 72 valence electrons. The number of nitrogens with zero attached hydrogens (tertiary/aromatic N) is 1. The van der Waals surface area contributed by atoms with E-state index in [0.717, 1.165) is 12.6 Å². The van der Waals surface area contributed by atoms with Crippen LogP contribution in [0.1, 0.15) is 33.6 Å². The SMILES string of the molecule is CCCC(C)N1CCN[C@@H](C)C1. The van der Waals surface area contributed by atoms with Gasteiger partial charge in [0.05, 0.1) is 0 Å². The second-order valence-corrected chi connectivity index (χ2v) is 3.99. The molecular weight excluding hydrogens is 148 g/mol. The van der Waals surface area contributed by atoms with Crippen molar-refractivity contribution in [3.63, 3.8) is 0 Å². The molecule has 2 heteroatoms. The van der Waals surface area contributed by atoms with Gasteiger partial charge in [-0.05, 0) is 20.3 Å². The van der Waals surface area contributed by atoms with Crippen LogP contribution in [0.5, 0.6) is 0 Å². The van der Waals surface area contributed by atoms with Gasteiger partial charge in [-0.2, -0.15) is 0 Å². The van der Waals surface area contributed by atoms with Crippen LogP contribution in [-0.2, 0) is 0 Å². The standard InChI is InChI=1S/C10H22N2/c1-4-5-10(3)12-7-6-11-9(2)8-12/h9-11H,4-8H2,1-3H3/t9-,10?/m0/s1. The molecule has 1 N–H and O–H groups in total. The van der Waals surface area contributed by atoms with Crippen LogP contribution in [-0.4, -0.2) is 36.6 Å². The topological polar surface area (TPSA) is 15.3 Å². The van der Waals surface area contributed by atoms with E-state index in [1.54, 1.807) is 0 Å². The highest BCUT2D eigenvalue weighted by Gasteiger charge is 2.19. The largest absolute Gasteiger partial charge is 0.312 e. The zero-order valence-corrected chi connectivity index (χ0v) is 8.64. The second-order valence-electron chi connectivity index (χ2n) is 3.99. The van der Waals surface area contributed by atoms with Crippen LogP contribution in [0.4, 0.5) is 0 Å². The first-order valence-electron chi connectivity index (χ1n) is 5.21. The molecule has 0 saturated carbocycles. The number of hydrogen-bond acceptors (Lipinski definition) is 2. The Balaban J connectivity index is 2.29. The minimum Gasteiger partial charge on any atom is -0.312 e. The summed E-state index contributed by atoms with van der Waals surface area (Å²) >= 11 is 0. The van der Waals surface area contributed by atoms with Crippen LogP contribution < -0.4 is 5.32 Å². The molecule has 0 bridgehead atoms. The maximum atomic E-state index is 3.47. The van der Waals surface area contributed by atoms with Gasteiger partial charge in [-0.1, -0.05) is 13.3 Å². The van der Waals surface area contributed by atoms with E-state index >= 15 is 0 Å². The molecule has 0 radical (unpaired) electrons. The van der Waals surface area contributed by atoms with E-state index in [1.807, 2.05) is 0 Å². The van der Waals surface area contributed by atoms with Crippen molar-refractivity contribution in [2.24, 2.45) is 0 Å². The monoisotopic (exact) mass is 170 g/mol. The van der Waals surface area contributed by atoms with Crippen LogP contribution >= 0.6 is 0 Å². The molecule has 0 amide bonds. The lowest BCUT2D eigenvalue weighted by Gasteiger charge is -2.36. The minimum absolute atomic E-state index is 0.679. The molecule has 1 unspecified atom stereocenters. The fourth-order valence-corrected chi connectivity index (χ4v) is 1.96. The minimum atomic E-state index is 0.679. The molecule has 1 aliphatic rings. The molecule has 1 saturated heterocycles. The molecule has 0 aromatic carbocycles. The van der Waals surface area contributed by atoms with E-state index < -0.39 is 0 Å². The predicted octanol–water partition coefficient (Wildman–Crippen LogP) is 1.47. The molecule has 0 aromatic heterocycles. The predicted molar refractivity (Wildman–Crippen MR) is 53.4 cm³/mol. The van der Waals surface area contributed by atoms with E-state index in [-0.39, 0.29) is 0 Å². The van der Waals surface area contributed by atoms with Crippen LogP contribution in [0, 0.1) is 0 Å². The summed E-state index contributed by atoms with van der Waals surface area (Å²) in [5.74, 6) is 0. The average molecular weight is 170 g/mol. The summed E-state index contributed by atoms with van der Waals surface area (Å²) in [4.78, 5) is 2.60. The first-order valence-corrected chi connectivity index (χ1v) is 5.21. The molecule has 0 aromatic rings. The lowest BCUT2D eigenvalue weighted by molar-refractivity contribution is 0.151. The van der Waals surface area contributed by atoms with Gasteiger partial charge in [0.15, 0.2) is 0 Å². The third kappa shape index (κ3) is 2.76. The Morgan fingerprint density at radius 2 is 2.33 bits per heavy atom. The van der Waals surface area contributed by atoms with Gasteiger partial charge >= 0.3 is 0 Å². The summed E-state index contributed by atoms with van der Waals surface area (Å²) in [6.45, 7) is 10.5. The van der Waals surface area contributed by atoms with Crippen molar-refractivity contribution >= 4 is 0 Å². The third-order valence-electron chi connectivity index (χ3n) is 2.73. The van der Waals surface area contributed by atoms with E-state index in [1.165, 1.54) is 25.9 Å². The van der Waals surface area contributed by atoms with Gasteiger partial charge in [-0.15, -0.1) is 0 Å². The molecule has 1 fully saturated rings. The second kappa shape index (κ2) is 4.83. The summed E-state index contributed by atoms with van der Waals surface area (Å²) in [5.41, 5.74) is 0. The van der Waals surface area contributed by atoms with Crippen LogP contribution in [0.25, 0.3) is 0 Å². The first-order chi connectivity index (χ1) is 5.74. The molecule has 1 rings (SSSR count). The zero-order chi connectivity index (χ0) is 8.97. The Morgan fingerprint density at radius 3 is 2.92 bits per heavy atom. The maximum Gasteiger partial charge on any atom is 0.0167 e. The van der Waals surface area contributed by atoms with Gasteiger partial charge in [-0.25, -0.2) is 0 Å². The van der Waals surface area contributed by atoms with Crippen molar-refractivity contribution in [1.29, 1.82) is 0 Å². The third-order valence-corrected chi connectivity index (χ3v) is 2.73. The van der Waals surface area contributed by atoms with Crippen molar-refractivity contribution in [1.82, 2.24) is 10.2 Å². The Hall–Kier alpha value is -0.0800. The van der Waals surface area contributed by atoms with Crippen LogP contribution in [0.15, 0.2) is 0 Å². The van der Waals surface area contributed by atoms with E-state index in [0.29, 0.717) is 6.04 Å². The molecule has 12 heavy (non-hydrogen) atoms. The average Bonchev–Trinajstić information content (AvgIpc) is 2.05. The number of hydrogen-bond donors (Lipinski definition) is 1. The van der Waals surface area contributed by atoms with E-state index in [4.69, 9.17) is 0 Å². The normalized spacial score (nSPS) is 28.8. The highest BCUT2D eigenvalue weighted by Crippen LogP contribution is 2.08. The highest BCUT2D eigenvalue weighted by molar-refractivity contribution is 4.78. The molecule has 0 aliphatic carbocycles. The first kappa shape index (κ1) is 10.0. The van der Waals surface area contributed by atoms with Gasteiger partial charge < -0.3 is 5.32 Å². The Morgan fingerprint density at radius 1 is 1.58 bits per heavy atom. The Labute approximate surface area is 76.3 Å². The number of nitrogens with one attached hydrogen (secondary N) is 1. The number of rotatable bonds is 3. The fourth-order valence-electron chi connectivity index (χ4n) is 1.96. The molecule has 2 nitrogen and oxygen atoms in total. The maximum absolute atomic E-state index is 3.47. The Kier molecular flexibility index (Phi) is 4.02. The van der Waals surface area contributed by atoms with E-state index in [9.17, 15) is 0 Å². The number of piperazine rings is 1. The van der Waals surface area contributed by atoms with Crippen LogP contribution in [0.2, 0.25) is 0 Å². The molecule has 0 spiro atoms. The summed E-state index contributed by atoms with van der Waals surface area (Å²) in [6, 6.07) is 1.46. The smallest absolute Gasteiger partial charge is 0.0167 e. The fraction of sp³-hybridized carbons (Fsp3) is 1.00. The molecular formula is C10H22N2. The lowest BCUT2D eigenvalue weighted by Crippen LogP contribution is -2.52. The quantitative estimate of drug-likeness (QED) is 0.690. The van der Waals surface area contributed by atoms with Gasteiger partial charge in [0.25, 0.3) is 0 Å². The highest BCUT2D eigenvalue weighted by atomic mass is 15.2.